The van der Waals surface area contributed by atoms with E-state index >= 15 is 0 Å². The molecule has 1 N–H and O–H groups in total. The van der Waals surface area contributed by atoms with Crippen LogP contribution in [0.5, 0.6) is 11.5 Å². The zero-order valence-corrected chi connectivity index (χ0v) is 10.2. The second-order valence-corrected chi connectivity index (χ2v) is 4.19. The molecule has 0 bridgehead atoms. The molecule has 0 amide bonds. The predicted octanol–water partition coefficient (Wildman–Crippen LogP) is 1.92. The molecular formula is C13H18O4. The largest absolute Gasteiger partial charge is 0.493 e. The number of aliphatic hydroxyl groups excluding tert-OH is 1. The van der Waals surface area contributed by atoms with Crippen molar-refractivity contribution in [1.29, 1.82) is 0 Å². The van der Waals surface area contributed by atoms with E-state index in [1.165, 1.54) is 0 Å². The fourth-order valence-electron chi connectivity index (χ4n) is 1.83. The summed E-state index contributed by atoms with van der Waals surface area (Å²) in [6.07, 6.45) is 0.457. The smallest absolute Gasteiger partial charge is 0.162 e. The Labute approximate surface area is 101 Å². The summed E-state index contributed by atoms with van der Waals surface area (Å²) in [5.74, 6) is 1.35. The van der Waals surface area contributed by atoms with Crippen molar-refractivity contribution in [1.82, 2.24) is 0 Å². The van der Waals surface area contributed by atoms with Gasteiger partial charge in [0.05, 0.1) is 26.4 Å². The summed E-state index contributed by atoms with van der Waals surface area (Å²) in [5.41, 5.74) is 0.819. The van der Waals surface area contributed by atoms with Crippen LogP contribution in [-0.2, 0) is 4.74 Å². The maximum absolute atomic E-state index is 9.55. The quantitative estimate of drug-likeness (QED) is 0.870. The summed E-state index contributed by atoms with van der Waals surface area (Å²) in [6, 6.07) is 5.47. The molecule has 1 aromatic rings. The Hall–Kier alpha value is -1.26. The standard InChI is InChI=1S/C13H18O4/c1-9(14)10-3-4-12(15-2)13(7-10)17-11-5-6-16-8-11/h3-4,7,9,11,14H,5-6,8H2,1-2H3. The highest BCUT2D eigenvalue weighted by atomic mass is 16.6. The lowest BCUT2D eigenvalue weighted by Crippen LogP contribution is -2.16. The summed E-state index contributed by atoms with van der Waals surface area (Å²) in [6.45, 7) is 3.08. The highest BCUT2D eigenvalue weighted by molar-refractivity contribution is 5.43. The van der Waals surface area contributed by atoms with Gasteiger partial charge in [0.15, 0.2) is 11.5 Å². The Morgan fingerprint density at radius 1 is 1.41 bits per heavy atom. The molecule has 1 heterocycles. The molecule has 1 saturated heterocycles. The van der Waals surface area contributed by atoms with Gasteiger partial charge in [-0.3, -0.25) is 0 Å². The van der Waals surface area contributed by atoms with Crippen LogP contribution in [-0.4, -0.2) is 31.5 Å². The molecule has 0 saturated carbocycles. The summed E-state index contributed by atoms with van der Waals surface area (Å²) < 4.78 is 16.3. The van der Waals surface area contributed by atoms with Gasteiger partial charge in [0.1, 0.15) is 6.10 Å². The Bertz CT molecular complexity index is 370. The number of hydrogen-bond donors (Lipinski definition) is 1. The summed E-state index contributed by atoms with van der Waals surface area (Å²) in [4.78, 5) is 0. The van der Waals surface area contributed by atoms with E-state index < -0.39 is 6.10 Å². The molecule has 1 fully saturated rings. The van der Waals surface area contributed by atoms with Gasteiger partial charge < -0.3 is 19.3 Å². The van der Waals surface area contributed by atoms with Crippen molar-refractivity contribution in [2.75, 3.05) is 20.3 Å². The maximum atomic E-state index is 9.55. The van der Waals surface area contributed by atoms with Crippen LogP contribution in [0, 0.1) is 0 Å². The van der Waals surface area contributed by atoms with Gasteiger partial charge in [-0.15, -0.1) is 0 Å². The number of ether oxygens (including phenoxy) is 3. The van der Waals surface area contributed by atoms with Crippen LogP contribution in [0.4, 0.5) is 0 Å². The third-order valence-electron chi connectivity index (χ3n) is 2.85. The molecular weight excluding hydrogens is 220 g/mol. The summed E-state index contributed by atoms with van der Waals surface area (Å²) in [7, 11) is 1.61. The van der Waals surface area contributed by atoms with Crippen molar-refractivity contribution in [3.63, 3.8) is 0 Å². The lowest BCUT2D eigenvalue weighted by atomic mass is 10.1. The van der Waals surface area contributed by atoms with Crippen LogP contribution in [0.15, 0.2) is 18.2 Å². The van der Waals surface area contributed by atoms with Gasteiger partial charge in [-0.2, -0.15) is 0 Å². The molecule has 2 rings (SSSR count). The van der Waals surface area contributed by atoms with E-state index in [1.807, 2.05) is 18.2 Å². The van der Waals surface area contributed by atoms with Crippen LogP contribution >= 0.6 is 0 Å². The van der Waals surface area contributed by atoms with Crippen molar-refractivity contribution in [3.8, 4) is 11.5 Å². The van der Waals surface area contributed by atoms with Crippen LogP contribution < -0.4 is 9.47 Å². The zero-order valence-electron chi connectivity index (χ0n) is 10.2. The molecule has 94 valence electrons. The first-order chi connectivity index (χ1) is 8.20. The van der Waals surface area contributed by atoms with Crippen LogP contribution in [0.2, 0.25) is 0 Å². The average molecular weight is 238 g/mol. The molecule has 4 heteroatoms. The van der Waals surface area contributed by atoms with Crippen molar-refractivity contribution in [2.24, 2.45) is 0 Å². The van der Waals surface area contributed by atoms with Gasteiger partial charge in [-0.1, -0.05) is 6.07 Å². The molecule has 1 aliphatic rings. The molecule has 2 unspecified atom stereocenters. The number of methoxy groups -OCH3 is 1. The maximum Gasteiger partial charge on any atom is 0.162 e. The third kappa shape index (κ3) is 2.90. The van der Waals surface area contributed by atoms with E-state index in [0.29, 0.717) is 18.1 Å². The number of hydrogen-bond acceptors (Lipinski definition) is 4. The first kappa shape index (κ1) is 12.2. The highest BCUT2D eigenvalue weighted by Crippen LogP contribution is 2.32. The van der Waals surface area contributed by atoms with Gasteiger partial charge in [-0.05, 0) is 24.6 Å². The molecule has 1 aromatic carbocycles. The number of rotatable bonds is 4. The van der Waals surface area contributed by atoms with Crippen LogP contribution in [0.1, 0.15) is 25.0 Å². The Morgan fingerprint density at radius 2 is 2.24 bits per heavy atom. The van der Waals surface area contributed by atoms with E-state index in [0.717, 1.165) is 18.6 Å². The Morgan fingerprint density at radius 3 is 2.82 bits per heavy atom. The SMILES string of the molecule is COc1ccc(C(C)O)cc1OC1CCOC1. The lowest BCUT2D eigenvalue weighted by Gasteiger charge is -2.16. The predicted molar refractivity (Wildman–Crippen MR) is 63.5 cm³/mol. The van der Waals surface area contributed by atoms with Crippen LogP contribution in [0.3, 0.4) is 0 Å². The Kier molecular flexibility index (Phi) is 3.86. The van der Waals surface area contributed by atoms with Crippen molar-refractivity contribution in [2.45, 2.75) is 25.6 Å². The van der Waals surface area contributed by atoms with Crippen LogP contribution in [0.25, 0.3) is 0 Å². The summed E-state index contributed by atoms with van der Waals surface area (Å²) >= 11 is 0. The van der Waals surface area contributed by atoms with E-state index in [1.54, 1.807) is 14.0 Å². The van der Waals surface area contributed by atoms with Gasteiger partial charge in [0, 0.05) is 6.42 Å². The zero-order chi connectivity index (χ0) is 12.3. The van der Waals surface area contributed by atoms with E-state index in [4.69, 9.17) is 14.2 Å². The first-order valence-electron chi connectivity index (χ1n) is 5.81. The van der Waals surface area contributed by atoms with Gasteiger partial charge >= 0.3 is 0 Å². The molecule has 0 radical (unpaired) electrons. The van der Waals surface area contributed by atoms with Crippen molar-refractivity contribution >= 4 is 0 Å². The average Bonchev–Trinajstić information content (AvgIpc) is 2.81. The molecule has 0 spiro atoms. The second kappa shape index (κ2) is 5.38. The molecule has 2 atom stereocenters. The van der Waals surface area contributed by atoms with E-state index in [9.17, 15) is 5.11 Å². The molecule has 4 nitrogen and oxygen atoms in total. The fraction of sp³-hybridized carbons (Fsp3) is 0.538. The monoisotopic (exact) mass is 238 g/mol. The number of benzene rings is 1. The highest BCUT2D eigenvalue weighted by Gasteiger charge is 2.19. The first-order valence-corrected chi connectivity index (χ1v) is 5.81. The number of aliphatic hydroxyl groups is 1. The van der Waals surface area contributed by atoms with Crippen molar-refractivity contribution < 1.29 is 19.3 Å². The van der Waals surface area contributed by atoms with E-state index in [-0.39, 0.29) is 6.10 Å². The second-order valence-electron chi connectivity index (χ2n) is 4.19. The normalized spacial score (nSPS) is 21.2. The Balaban J connectivity index is 2.19. The fourth-order valence-corrected chi connectivity index (χ4v) is 1.83. The minimum atomic E-state index is -0.511. The van der Waals surface area contributed by atoms with Gasteiger partial charge in [0.2, 0.25) is 0 Å². The molecule has 17 heavy (non-hydrogen) atoms. The topological polar surface area (TPSA) is 47.9 Å². The summed E-state index contributed by atoms with van der Waals surface area (Å²) in [5, 5.41) is 9.55. The minimum absolute atomic E-state index is 0.0770. The van der Waals surface area contributed by atoms with Gasteiger partial charge in [0.25, 0.3) is 0 Å². The third-order valence-corrected chi connectivity index (χ3v) is 2.85. The molecule has 1 aliphatic heterocycles. The minimum Gasteiger partial charge on any atom is -0.493 e. The van der Waals surface area contributed by atoms with Gasteiger partial charge in [-0.25, -0.2) is 0 Å². The lowest BCUT2D eigenvalue weighted by molar-refractivity contribution is 0.138. The molecule has 0 aliphatic carbocycles. The molecule has 0 aromatic heterocycles. The van der Waals surface area contributed by atoms with Crippen molar-refractivity contribution in [3.05, 3.63) is 23.8 Å². The van der Waals surface area contributed by atoms with E-state index in [2.05, 4.69) is 0 Å².